The normalized spacial score (nSPS) is 29.4. The van der Waals surface area contributed by atoms with Crippen LogP contribution in [0.5, 0.6) is 0 Å². The molecule has 0 aromatic heterocycles. The van der Waals surface area contributed by atoms with Crippen molar-refractivity contribution in [3.63, 3.8) is 0 Å². The van der Waals surface area contributed by atoms with Crippen LogP contribution in [0.25, 0.3) is 0 Å². The number of aliphatic hydroxyl groups is 3. The minimum atomic E-state index is -2.11. The van der Waals surface area contributed by atoms with E-state index in [-0.39, 0.29) is 11.6 Å². The predicted molar refractivity (Wildman–Crippen MR) is 102 cm³/mol. The van der Waals surface area contributed by atoms with Crippen molar-refractivity contribution in [1.29, 1.82) is 0 Å². The molecule has 0 radical (unpaired) electrons. The lowest BCUT2D eigenvalue weighted by Gasteiger charge is -2.42. The molecule has 1 fully saturated rings. The van der Waals surface area contributed by atoms with Crippen LogP contribution in [-0.4, -0.2) is 66.9 Å². The summed E-state index contributed by atoms with van der Waals surface area (Å²) in [6, 6.07) is 8.27. The van der Waals surface area contributed by atoms with E-state index in [9.17, 15) is 20.1 Å². The molecule has 7 nitrogen and oxygen atoms in total. The Labute approximate surface area is 161 Å². The highest BCUT2D eigenvalue weighted by Gasteiger charge is 2.47. The third-order valence-corrected chi connectivity index (χ3v) is 9.82. The van der Waals surface area contributed by atoms with Crippen LogP contribution in [0.3, 0.4) is 0 Å². The average Bonchev–Trinajstić information content (AvgIpc) is 2.60. The number of rotatable bonds is 5. The summed E-state index contributed by atoms with van der Waals surface area (Å²) in [5.74, 6) is -0.688. The molecule has 1 saturated heterocycles. The maximum Gasteiger partial charge on any atom is 0.340 e. The number of aliphatic hydroxyl groups excluding tert-OH is 3. The zero-order valence-electron chi connectivity index (χ0n) is 16.5. The second-order valence-corrected chi connectivity index (χ2v) is 13.2. The van der Waals surface area contributed by atoms with Crippen LogP contribution in [0.1, 0.15) is 31.1 Å². The number of esters is 1. The fourth-order valence-corrected chi connectivity index (χ4v) is 3.42. The molecule has 0 aliphatic carbocycles. The molecular weight excluding hydrogens is 368 g/mol. The first-order valence-corrected chi connectivity index (χ1v) is 11.9. The molecule has 152 valence electrons. The maximum absolute atomic E-state index is 12.2. The van der Waals surface area contributed by atoms with Gasteiger partial charge in [-0.15, -0.1) is 0 Å². The van der Waals surface area contributed by atoms with Crippen LogP contribution >= 0.6 is 0 Å². The quantitative estimate of drug-likeness (QED) is 0.512. The van der Waals surface area contributed by atoms with Crippen molar-refractivity contribution < 1.29 is 34.0 Å². The van der Waals surface area contributed by atoms with E-state index in [4.69, 9.17) is 13.9 Å². The topological polar surface area (TPSA) is 105 Å². The summed E-state index contributed by atoms with van der Waals surface area (Å²) in [5.41, 5.74) is 0.294. The molecule has 0 bridgehead atoms. The van der Waals surface area contributed by atoms with Gasteiger partial charge in [0.2, 0.25) is 6.29 Å². The Kier molecular flexibility index (Phi) is 6.83. The Morgan fingerprint density at radius 3 is 2.22 bits per heavy atom. The van der Waals surface area contributed by atoms with E-state index in [1.165, 1.54) is 0 Å². The summed E-state index contributed by atoms with van der Waals surface area (Å²) < 4.78 is 16.8. The van der Waals surface area contributed by atoms with E-state index < -0.39 is 45.0 Å². The van der Waals surface area contributed by atoms with E-state index in [1.807, 2.05) is 0 Å². The maximum atomic E-state index is 12.2. The number of hydrogen-bond acceptors (Lipinski definition) is 7. The highest BCUT2D eigenvalue weighted by atomic mass is 28.4. The second-order valence-electron chi connectivity index (χ2n) is 8.36. The van der Waals surface area contributed by atoms with E-state index in [0.717, 1.165) is 0 Å². The molecule has 8 heteroatoms. The molecule has 0 spiro atoms. The first-order chi connectivity index (χ1) is 12.4. The molecule has 1 aromatic rings. The molecule has 0 saturated carbocycles. The molecule has 1 aromatic carbocycles. The van der Waals surface area contributed by atoms with Gasteiger partial charge in [-0.1, -0.05) is 39.0 Å². The number of ether oxygens (including phenoxy) is 2. The Morgan fingerprint density at radius 2 is 1.67 bits per heavy atom. The largest absolute Gasteiger partial charge is 0.429 e. The summed E-state index contributed by atoms with van der Waals surface area (Å²) in [6.07, 6.45) is -6.75. The molecule has 27 heavy (non-hydrogen) atoms. The van der Waals surface area contributed by atoms with Crippen LogP contribution in [-0.2, 0) is 13.9 Å². The van der Waals surface area contributed by atoms with Crippen LogP contribution < -0.4 is 0 Å². The van der Waals surface area contributed by atoms with Gasteiger partial charge in [0.05, 0.1) is 12.2 Å². The van der Waals surface area contributed by atoms with E-state index in [2.05, 4.69) is 33.9 Å². The van der Waals surface area contributed by atoms with Gasteiger partial charge in [0.15, 0.2) is 8.32 Å². The van der Waals surface area contributed by atoms with Gasteiger partial charge in [0.25, 0.3) is 0 Å². The smallest absolute Gasteiger partial charge is 0.340 e. The standard InChI is InChI=1S/C19H30O7Si/c1-19(2,3)27(4,5)24-11-13-14(20)15(21)16(22)18(25-13)26-17(23)12-9-7-6-8-10-12/h6-10,13-16,18,20-22H,11H2,1-5H3/t13-,14-,15+,16+,18-/m1/s1. The van der Waals surface area contributed by atoms with Gasteiger partial charge in [0.1, 0.15) is 24.4 Å². The first-order valence-electron chi connectivity index (χ1n) is 9.04. The highest BCUT2D eigenvalue weighted by Crippen LogP contribution is 2.37. The van der Waals surface area contributed by atoms with Crippen LogP contribution in [0, 0.1) is 0 Å². The SMILES string of the molecule is CC(C)(C)[Si](C)(C)OC[C@H]1O[C@H](OC(=O)c2ccccc2)[C@@H](O)[C@@H](O)[C@@H]1O. The molecule has 0 unspecified atom stereocenters. The number of hydrogen-bond donors (Lipinski definition) is 3. The minimum absolute atomic E-state index is 0.0286. The summed E-state index contributed by atoms with van der Waals surface area (Å²) in [6.45, 7) is 10.4. The lowest BCUT2D eigenvalue weighted by molar-refractivity contribution is -0.284. The Morgan fingerprint density at radius 1 is 1.07 bits per heavy atom. The van der Waals surface area contributed by atoms with Crippen LogP contribution in [0.4, 0.5) is 0 Å². The first kappa shape index (κ1) is 22.0. The van der Waals surface area contributed by atoms with Crippen LogP contribution in [0.2, 0.25) is 18.1 Å². The molecule has 3 N–H and O–H groups in total. The third kappa shape index (κ3) is 5.16. The molecule has 0 amide bonds. The average molecular weight is 399 g/mol. The Bertz CT molecular complexity index is 629. The van der Waals surface area contributed by atoms with Gasteiger partial charge in [-0.2, -0.15) is 0 Å². The summed E-state index contributed by atoms with van der Waals surface area (Å²) in [5, 5.41) is 30.5. The Hall–Kier alpha value is -1.29. The van der Waals surface area contributed by atoms with Gasteiger partial charge in [-0.05, 0) is 30.3 Å². The van der Waals surface area contributed by atoms with Crippen molar-refractivity contribution in [3.8, 4) is 0 Å². The van der Waals surface area contributed by atoms with Crippen molar-refractivity contribution in [3.05, 3.63) is 35.9 Å². The van der Waals surface area contributed by atoms with Crippen molar-refractivity contribution in [1.82, 2.24) is 0 Å². The molecule has 5 atom stereocenters. The van der Waals surface area contributed by atoms with Gasteiger partial charge < -0.3 is 29.2 Å². The summed E-state index contributed by atoms with van der Waals surface area (Å²) in [4.78, 5) is 12.2. The second kappa shape index (κ2) is 8.38. The lowest BCUT2D eigenvalue weighted by Crippen LogP contribution is -2.60. The fourth-order valence-electron chi connectivity index (χ4n) is 2.41. The monoisotopic (exact) mass is 398 g/mol. The van der Waals surface area contributed by atoms with Gasteiger partial charge in [-0.3, -0.25) is 0 Å². The van der Waals surface area contributed by atoms with E-state index >= 15 is 0 Å². The Balaban J connectivity index is 2.06. The zero-order chi connectivity index (χ0) is 20.4. The third-order valence-electron chi connectivity index (χ3n) is 5.32. The van der Waals surface area contributed by atoms with Crippen molar-refractivity contribution in [2.45, 2.75) is 69.6 Å². The fraction of sp³-hybridized carbons (Fsp3) is 0.632. The zero-order valence-corrected chi connectivity index (χ0v) is 17.5. The van der Waals surface area contributed by atoms with Crippen molar-refractivity contribution in [2.75, 3.05) is 6.61 Å². The van der Waals surface area contributed by atoms with Gasteiger partial charge in [0, 0.05) is 0 Å². The van der Waals surface area contributed by atoms with Crippen molar-refractivity contribution in [2.24, 2.45) is 0 Å². The lowest BCUT2D eigenvalue weighted by atomic mass is 9.99. The molecule has 1 aliphatic heterocycles. The van der Waals surface area contributed by atoms with E-state index in [1.54, 1.807) is 30.3 Å². The summed E-state index contributed by atoms with van der Waals surface area (Å²) in [7, 11) is -2.11. The number of benzene rings is 1. The van der Waals surface area contributed by atoms with Gasteiger partial charge >= 0.3 is 5.97 Å². The number of carbonyl (C=O) groups is 1. The van der Waals surface area contributed by atoms with Crippen molar-refractivity contribution >= 4 is 14.3 Å². The molecule has 1 aliphatic rings. The molecule has 1 heterocycles. The predicted octanol–water partition coefficient (Wildman–Crippen LogP) is 1.67. The highest BCUT2D eigenvalue weighted by molar-refractivity contribution is 6.74. The van der Waals surface area contributed by atoms with Gasteiger partial charge in [-0.25, -0.2) is 4.79 Å². The summed E-state index contributed by atoms with van der Waals surface area (Å²) >= 11 is 0. The molecular formula is C19H30O7Si. The molecule has 2 rings (SSSR count). The van der Waals surface area contributed by atoms with E-state index in [0.29, 0.717) is 5.56 Å². The van der Waals surface area contributed by atoms with Crippen LogP contribution in [0.15, 0.2) is 30.3 Å². The number of carbonyl (C=O) groups excluding carboxylic acids is 1. The minimum Gasteiger partial charge on any atom is -0.429 e.